The molecule has 2 atom stereocenters. The monoisotopic (exact) mass is 248 g/mol. The Labute approximate surface area is 105 Å². The first-order chi connectivity index (χ1) is 8.22. The van der Waals surface area contributed by atoms with E-state index in [1.807, 2.05) is 42.6 Å². The average molecular weight is 248 g/mol. The molecule has 2 rings (SSSR count). The first kappa shape index (κ1) is 12.2. The maximum absolute atomic E-state index is 5.81. The molecule has 0 aliphatic carbocycles. The van der Waals surface area contributed by atoms with Crippen LogP contribution in [0.5, 0.6) is 0 Å². The van der Waals surface area contributed by atoms with Crippen molar-refractivity contribution in [2.45, 2.75) is 19.1 Å². The summed E-state index contributed by atoms with van der Waals surface area (Å²) in [6.45, 7) is 1.93. The third kappa shape index (κ3) is 2.72. The number of aromatic nitrogens is 1. The molecule has 17 heavy (non-hydrogen) atoms. The van der Waals surface area contributed by atoms with Gasteiger partial charge < -0.3 is 10.5 Å². The minimum atomic E-state index is -0.103. The molecular formula is C13H16N2OS. The third-order valence-electron chi connectivity index (χ3n) is 2.57. The zero-order valence-electron chi connectivity index (χ0n) is 9.96. The van der Waals surface area contributed by atoms with Gasteiger partial charge in [0.25, 0.3) is 0 Å². The summed E-state index contributed by atoms with van der Waals surface area (Å²) in [4.78, 5) is 4.53. The van der Waals surface area contributed by atoms with E-state index in [1.54, 1.807) is 18.4 Å². The van der Waals surface area contributed by atoms with Crippen LogP contribution in [-0.2, 0) is 4.74 Å². The van der Waals surface area contributed by atoms with Gasteiger partial charge in [0, 0.05) is 18.5 Å². The molecule has 0 aliphatic rings. The van der Waals surface area contributed by atoms with Crippen molar-refractivity contribution in [3.63, 3.8) is 0 Å². The van der Waals surface area contributed by atoms with Gasteiger partial charge in [-0.15, -0.1) is 11.3 Å². The summed E-state index contributed by atoms with van der Waals surface area (Å²) in [6, 6.07) is 10.0. The van der Waals surface area contributed by atoms with E-state index in [1.165, 1.54) is 0 Å². The van der Waals surface area contributed by atoms with Crippen LogP contribution >= 0.6 is 11.3 Å². The number of ether oxygens (including phenoxy) is 1. The molecule has 0 spiro atoms. The van der Waals surface area contributed by atoms with Gasteiger partial charge in [0.05, 0.1) is 5.69 Å². The van der Waals surface area contributed by atoms with Gasteiger partial charge in [-0.3, -0.25) is 0 Å². The van der Waals surface area contributed by atoms with Gasteiger partial charge in [-0.1, -0.05) is 30.3 Å². The summed E-state index contributed by atoms with van der Waals surface area (Å²) < 4.78 is 5.52. The third-order valence-corrected chi connectivity index (χ3v) is 3.47. The zero-order valence-corrected chi connectivity index (χ0v) is 10.8. The number of hydrogen-bond donors (Lipinski definition) is 1. The van der Waals surface area contributed by atoms with Gasteiger partial charge in [-0.2, -0.15) is 0 Å². The maximum Gasteiger partial charge on any atom is 0.134 e. The molecule has 4 heteroatoms. The normalized spacial score (nSPS) is 14.5. The van der Waals surface area contributed by atoms with E-state index in [2.05, 4.69) is 4.98 Å². The fraction of sp³-hybridized carbons (Fsp3) is 0.308. The first-order valence-electron chi connectivity index (χ1n) is 5.51. The summed E-state index contributed by atoms with van der Waals surface area (Å²) in [6.07, 6.45) is -0.103. The SMILES string of the molecule is COC(c1ccccc1)c1nc(C(C)N)cs1. The van der Waals surface area contributed by atoms with Gasteiger partial charge in [0.2, 0.25) is 0 Å². The first-order valence-corrected chi connectivity index (χ1v) is 6.39. The van der Waals surface area contributed by atoms with Gasteiger partial charge in [-0.05, 0) is 12.5 Å². The minimum absolute atomic E-state index is 0.0340. The Bertz CT molecular complexity index is 467. The average Bonchev–Trinajstić information content (AvgIpc) is 2.81. The van der Waals surface area contributed by atoms with Crippen LogP contribution in [-0.4, -0.2) is 12.1 Å². The standard InChI is InChI=1S/C13H16N2OS/c1-9(14)11-8-17-13(15-11)12(16-2)10-6-4-3-5-7-10/h3-9,12H,14H2,1-2H3. The van der Waals surface area contributed by atoms with Crippen molar-refractivity contribution in [2.75, 3.05) is 7.11 Å². The highest BCUT2D eigenvalue weighted by Crippen LogP contribution is 2.28. The van der Waals surface area contributed by atoms with Crippen molar-refractivity contribution >= 4 is 11.3 Å². The summed E-state index contributed by atoms with van der Waals surface area (Å²) in [7, 11) is 1.70. The number of rotatable bonds is 4. The Balaban J connectivity index is 2.29. The largest absolute Gasteiger partial charge is 0.370 e. The fourth-order valence-corrected chi connectivity index (χ4v) is 2.66. The fourth-order valence-electron chi connectivity index (χ4n) is 1.64. The van der Waals surface area contributed by atoms with E-state index < -0.39 is 0 Å². The summed E-state index contributed by atoms with van der Waals surface area (Å²) in [5.41, 5.74) is 7.84. The Kier molecular flexibility index (Phi) is 3.89. The van der Waals surface area contributed by atoms with Crippen LogP contribution in [0.3, 0.4) is 0 Å². The molecule has 0 bridgehead atoms. The molecule has 1 aromatic heterocycles. The zero-order chi connectivity index (χ0) is 12.3. The molecule has 2 N–H and O–H groups in total. The second kappa shape index (κ2) is 5.40. The molecule has 0 fully saturated rings. The highest BCUT2D eigenvalue weighted by atomic mass is 32.1. The van der Waals surface area contributed by atoms with Crippen molar-refractivity contribution in [3.05, 3.63) is 52.0 Å². The maximum atomic E-state index is 5.81. The number of nitrogens with zero attached hydrogens (tertiary/aromatic N) is 1. The second-order valence-electron chi connectivity index (χ2n) is 3.93. The number of methoxy groups -OCH3 is 1. The van der Waals surface area contributed by atoms with Crippen LogP contribution in [0.2, 0.25) is 0 Å². The number of thiazole rings is 1. The second-order valence-corrected chi connectivity index (χ2v) is 4.82. The highest BCUT2D eigenvalue weighted by Gasteiger charge is 2.17. The van der Waals surface area contributed by atoms with Crippen LogP contribution in [0.1, 0.15) is 35.3 Å². The number of hydrogen-bond acceptors (Lipinski definition) is 4. The Morgan fingerprint density at radius 2 is 2.00 bits per heavy atom. The minimum Gasteiger partial charge on any atom is -0.370 e. The molecule has 0 aliphatic heterocycles. The van der Waals surface area contributed by atoms with Crippen LogP contribution < -0.4 is 5.73 Å². The van der Waals surface area contributed by atoms with E-state index in [0.29, 0.717) is 0 Å². The van der Waals surface area contributed by atoms with Crippen molar-refractivity contribution in [2.24, 2.45) is 5.73 Å². The van der Waals surface area contributed by atoms with Crippen LogP contribution in [0.25, 0.3) is 0 Å². The van der Waals surface area contributed by atoms with E-state index in [0.717, 1.165) is 16.3 Å². The molecule has 2 aromatic rings. The Morgan fingerprint density at radius 3 is 2.53 bits per heavy atom. The molecule has 3 nitrogen and oxygen atoms in total. The molecule has 90 valence electrons. The van der Waals surface area contributed by atoms with Crippen LogP contribution in [0.4, 0.5) is 0 Å². The van der Waals surface area contributed by atoms with Crippen molar-refractivity contribution in [1.82, 2.24) is 4.98 Å². The summed E-state index contributed by atoms with van der Waals surface area (Å²) >= 11 is 1.59. The van der Waals surface area contributed by atoms with Gasteiger partial charge in [0.1, 0.15) is 11.1 Å². The topological polar surface area (TPSA) is 48.1 Å². The van der Waals surface area contributed by atoms with Crippen LogP contribution in [0, 0.1) is 0 Å². The Hall–Kier alpha value is -1.23. The lowest BCUT2D eigenvalue weighted by Crippen LogP contribution is -2.07. The quantitative estimate of drug-likeness (QED) is 0.905. The highest BCUT2D eigenvalue weighted by molar-refractivity contribution is 7.09. The predicted molar refractivity (Wildman–Crippen MR) is 70.0 cm³/mol. The van der Waals surface area contributed by atoms with E-state index in [9.17, 15) is 0 Å². The smallest absolute Gasteiger partial charge is 0.134 e. The molecule has 0 saturated heterocycles. The molecule has 2 unspecified atom stereocenters. The molecular weight excluding hydrogens is 232 g/mol. The van der Waals surface area contributed by atoms with Gasteiger partial charge in [0.15, 0.2) is 0 Å². The molecule has 1 heterocycles. The lowest BCUT2D eigenvalue weighted by atomic mass is 10.1. The van der Waals surface area contributed by atoms with Gasteiger partial charge in [-0.25, -0.2) is 4.98 Å². The van der Waals surface area contributed by atoms with Crippen molar-refractivity contribution in [1.29, 1.82) is 0 Å². The van der Waals surface area contributed by atoms with Crippen molar-refractivity contribution in [3.8, 4) is 0 Å². The predicted octanol–water partition coefficient (Wildman–Crippen LogP) is 2.90. The molecule has 0 amide bonds. The number of nitrogens with two attached hydrogens (primary N) is 1. The molecule has 1 aromatic carbocycles. The molecule has 0 saturated carbocycles. The van der Waals surface area contributed by atoms with Crippen molar-refractivity contribution < 1.29 is 4.74 Å². The van der Waals surface area contributed by atoms with Gasteiger partial charge >= 0.3 is 0 Å². The van der Waals surface area contributed by atoms with E-state index in [-0.39, 0.29) is 12.1 Å². The molecule has 0 radical (unpaired) electrons. The Morgan fingerprint density at radius 1 is 1.29 bits per heavy atom. The van der Waals surface area contributed by atoms with E-state index >= 15 is 0 Å². The van der Waals surface area contributed by atoms with E-state index in [4.69, 9.17) is 10.5 Å². The summed E-state index contributed by atoms with van der Waals surface area (Å²) in [5.74, 6) is 0. The number of benzene rings is 1. The van der Waals surface area contributed by atoms with Crippen LogP contribution in [0.15, 0.2) is 35.7 Å². The lowest BCUT2D eigenvalue weighted by molar-refractivity contribution is 0.136. The lowest BCUT2D eigenvalue weighted by Gasteiger charge is -2.12. The summed E-state index contributed by atoms with van der Waals surface area (Å²) in [5, 5.41) is 2.94.